The van der Waals surface area contributed by atoms with Gasteiger partial charge in [0, 0.05) is 18.1 Å². The summed E-state index contributed by atoms with van der Waals surface area (Å²) < 4.78 is 2.40. The van der Waals surface area contributed by atoms with Crippen molar-refractivity contribution in [3.8, 4) is 0 Å². The van der Waals surface area contributed by atoms with Crippen LogP contribution < -0.4 is 17.0 Å². The van der Waals surface area contributed by atoms with Gasteiger partial charge in [0.05, 0.1) is 0 Å². The van der Waals surface area contributed by atoms with Crippen LogP contribution in [-0.2, 0) is 19.9 Å². The van der Waals surface area contributed by atoms with Crippen molar-refractivity contribution in [3.63, 3.8) is 0 Å². The molecule has 0 saturated heterocycles. The smallest absolute Gasteiger partial charge is 0.184 e. The third-order valence-electron chi connectivity index (χ3n) is 9.29. The lowest BCUT2D eigenvalue weighted by molar-refractivity contribution is -0.679. The molecule has 0 spiro atoms. The predicted octanol–water partition coefficient (Wildman–Crippen LogP) is 10.7. The molecule has 0 bridgehead atoms. The van der Waals surface area contributed by atoms with Gasteiger partial charge >= 0.3 is 0 Å². The Balaban J connectivity index is 0.0000185. The van der Waals surface area contributed by atoms with E-state index in [0.29, 0.717) is 0 Å². The number of unbranched alkanes of at least 4 members (excludes halogenated alkanes) is 24. The van der Waals surface area contributed by atoms with E-state index in [4.69, 9.17) is 0 Å². The van der Waals surface area contributed by atoms with E-state index in [1.54, 1.807) is 11.3 Å². The molecule has 0 aromatic carbocycles. The molecule has 2 heteroatoms. The van der Waals surface area contributed by atoms with Crippen LogP contribution in [0.25, 0.3) is 0 Å². The molecule has 0 aliphatic carbocycles. The van der Waals surface area contributed by atoms with Gasteiger partial charge in [-0.1, -0.05) is 154 Å². The fraction of sp³-hybridized carbons (Fsp3) is 0.786. The van der Waals surface area contributed by atoms with E-state index in [0.717, 1.165) is 0 Å². The minimum atomic E-state index is 0. The lowest BCUT2D eigenvalue weighted by atomic mass is 9.99. The van der Waals surface area contributed by atoms with E-state index in [-0.39, 0.29) is 12.4 Å². The topological polar surface area (TPSA) is 3.88 Å². The van der Waals surface area contributed by atoms with Crippen LogP contribution in [0.5, 0.6) is 0 Å². The molecular weight excluding hydrogens is 554 g/mol. The van der Waals surface area contributed by atoms with E-state index in [9.17, 15) is 0 Å². The molecule has 256 valence electrons. The summed E-state index contributed by atoms with van der Waals surface area (Å²) in [5, 5.41) is 0. The SMILES string of the molecule is CCCCCCCC/C=C\CCCCCCCCc1ccc[n+](C)c1CCCCCCCC/C=C\CCCCCCCC.[Cl-]. The molecule has 0 amide bonds. The van der Waals surface area contributed by atoms with Gasteiger partial charge in [-0.25, -0.2) is 4.57 Å². The van der Waals surface area contributed by atoms with Gasteiger partial charge in [-0.3, -0.25) is 0 Å². The summed E-state index contributed by atoms with van der Waals surface area (Å²) in [4.78, 5) is 0. The number of pyridine rings is 1. The lowest BCUT2D eigenvalue weighted by Gasteiger charge is -2.08. The van der Waals surface area contributed by atoms with E-state index in [1.807, 2.05) is 0 Å². The van der Waals surface area contributed by atoms with Crippen LogP contribution in [0.15, 0.2) is 42.6 Å². The predicted molar refractivity (Wildman–Crippen MR) is 194 cm³/mol. The normalized spacial score (nSPS) is 11.6. The molecule has 1 aromatic rings. The largest absolute Gasteiger partial charge is 1.00 e. The molecule has 1 nitrogen and oxygen atoms in total. The monoisotopic (exact) mass is 630 g/mol. The molecule has 0 unspecified atom stereocenters. The van der Waals surface area contributed by atoms with E-state index < -0.39 is 0 Å². The van der Waals surface area contributed by atoms with Crippen LogP contribution in [0, 0.1) is 0 Å². The second-order valence-corrected chi connectivity index (χ2v) is 13.5. The summed E-state index contributed by atoms with van der Waals surface area (Å²) in [6, 6.07) is 4.65. The van der Waals surface area contributed by atoms with Gasteiger partial charge in [0.2, 0.25) is 0 Å². The minimum absolute atomic E-state index is 0. The van der Waals surface area contributed by atoms with Crippen molar-refractivity contribution in [2.75, 3.05) is 0 Å². The van der Waals surface area contributed by atoms with Crippen molar-refractivity contribution in [2.24, 2.45) is 7.05 Å². The zero-order chi connectivity index (χ0) is 30.9. The van der Waals surface area contributed by atoms with Crippen LogP contribution in [0.4, 0.5) is 0 Å². The molecule has 0 atom stereocenters. The Morgan fingerprint density at radius 1 is 0.455 bits per heavy atom. The molecule has 0 N–H and O–H groups in total. The van der Waals surface area contributed by atoms with E-state index in [1.165, 1.54) is 193 Å². The summed E-state index contributed by atoms with van der Waals surface area (Å²) in [6.45, 7) is 4.59. The molecule has 0 aliphatic heterocycles. The first kappa shape index (κ1) is 42.9. The average molecular weight is 631 g/mol. The number of hydrogen-bond acceptors (Lipinski definition) is 0. The Bertz CT molecular complexity index is 767. The minimum Gasteiger partial charge on any atom is -1.00 e. The van der Waals surface area contributed by atoms with E-state index in [2.05, 4.69) is 68.1 Å². The molecule has 1 heterocycles. The van der Waals surface area contributed by atoms with Gasteiger partial charge in [-0.15, -0.1) is 0 Å². The summed E-state index contributed by atoms with van der Waals surface area (Å²) in [6.07, 6.45) is 53.3. The maximum atomic E-state index is 2.44. The van der Waals surface area contributed by atoms with Crippen LogP contribution in [0.3, 0.4) is 0 Å². The number of aryl methyl sites for hydroxylation is 2. The molecule has 1 aromatic heterocycles. The number of hydrogen-bond donors (Lipinski definition) is 0. The standard InChI is InChI=1S/C42H76N.ClH/c1-4-6-8-10-12-14-16-18-20-22-24-26-28-30-32-34-37-41-38-36-40-43(3)42(41)39-35-33-31-29-27-25-23-21-19-17-15-13-11-9-7-5-2;/h18-21,36,38,40H,4-17,22-35,37,39H2,1-3H3;1H/q+1;/p-1/b20-18-,21-19-;. The zero-order valence-electron chi connectivity index (χ0n) is 30.1. The Morgan fingerprint density at radius 3 is 1.20 bits per heavy atom. The van der Waals surface area contributed by atoms with Crippen molar-refractivity contribution in [3.05, 3.63) is 53.9 Å². The van der Waals surface area contributed by atoms with Crippen molar-refractivity contribution >= 4 is 0 Å². The second-order valence-electron chi connectivity index (χ2n) is 13.5. The first-order valence-electron chi connectivity index (χ1n) is 19.6. The number of rotatable bonds is 32. The third-order valence-corrected chi connectivity index (χ3v) is 9.29. The highest BCUT2D eigenvalue weighted by Gasteiger charge is 2.12. The van der Waals surface area contributed by atoms with Crippen molar-refractivity contribution in [2.45, 2.75) is 206 Å². The Morgan fingerprint density at radius 2 is 0.795 bits per heavy atom. The van der Waals surface area contributed by atoms with Gasteiger partial charge in [-0.05, 0) is 76.7 Å². The molecule has 1 rings (SSSR count). The second kappa shape index (κ2) is 34.8. The van der Waals surface area contributed by atoms with Gasteiger partial charge in [0.15, 0.2) is 11.9 Å². The van der Waals surface area contributed by atoms with Crippen molar-refractivity contribution < 1.29 is 17.0 Å². The summed E-state index contributed by atoms with van der Waals surface area (Å²) >= 11 is 0. The fourth-order valence-electron chi connectivity index (χ4n) is 6.37. The number of aromatic nitrogens is 1. The van der Waals surface area contributed by atoms with Gasteiger partial charge in [-0.2, -0.15) is 0 Å². The first-order valence-corrected chi connectivity index (χ1v) is 19.6. The Hall–Kier alpha value is -1.08. The highest BCUT2D eigenvalue weighted by molar-refractivity contribution is 5.16. The molecule has 0 saturated carbocycles. The van der Waals surface area contributed by atoms with Gasteiger partial charge in [0.1, 0.15) is 7.05 Å². The highest BCUT2D eigenvalue weighted by Crippen LogP contribution is 2.16. The van der Waals surface area contributed by atoms with Crippen molar-refractivity contribution in [1.29, 1.82) is 0 Å². The average Bonchev–Trinajstić information content (AvgIpc) is 3.01. The van der Waals surface area contributed by atoms with E-state index >= 15 is 0 Å². The van der Waals surface area contributed by atoms with Gasteiger partial charge < -0.3 is 12.4 Å². The molecule has 0 radical (unpaired) electrons. The maximum Gasteiger partial charge on any atom is 0.184 e. The summed E-state index contributed by atoms with van der Waals surface area (Å²) in [7, 11) is 2.25. The summed E-state index contributed by atoms with van der Waals surface area (Å²) in [5.41, 5.74) is 3.19. The molecular formula is C42H76ClN. The number of nitrogens with zero attached hydrogens (tertiary/aromatic N) is 1. The third kappa shape index (κ3) is 27.2. The van der Waals surface area contributed by atoms with Crippen LogP contribution in [-0.4, -0.2) is 0 Å². The lowest BCUT2D eigenvalue weighted by Crippen LogP contribution is -3.00. The highest BCUT2D eigenvalue weighted by atomic mass is 35.5. The Kier molecular flexibility index (Phi) is 33.9. The maximum absolute atomic E-state index is 2.44. The zero-order valence-corrected chi connectivity index (χ0v) is 30.8. The molecule has 0 aliphatic rings. The Labute approximate surface area is 283 Å². The quantitative estimate of drug-likeness (QED) is 0.0424. The van der Waals surface area contributed by atoms with Crippen LogP contribution >= 0.6 is 0 Å². The number of allylic oxidation sites excluding steroid dienone is 4. The molecule has 0 fully saturated rings. The first-order chi connectivity index (χ1) is 21.3. The van der Waals surface area contributed by atoms with Gasteiger partial charge in [0.25, 0.3) is 0 Å². The fourth-order valence-corrected chi connectivity index (χ4v) is 6.37. The number of halogens is 1. The van der Waals surface area contributed by atoms with Crippen molar-refractivity contribution in [1.82, 2.24) is 0 Å². The van der Waals surface area contributed by atoms with Crippen LogP contribution in [0.1, 0.15) is 205 Å². The van der Waals surface area contributed by atoms with Crippen LogP contribution in [0.2, 0.25) is 0 Å². The summed E-state index contributed by atoms with van der Waals surface area (Å²) in [5.74, 6) is 0. The molecule has 44 heavy (non-hydrogen) atoms.